The van der Waals surface area contributed by atoms with Crippen LogP contribution in [0.25, 0.3) is 6.08 Å². The third kappa shape index (κ3) is 4.51. The van der Waals surface area contributed by atoms with Crippen LogP contribution in [0.2, 0.25) is 5.02 Å². The number of nitrogens with zero attached hydrogens (tertiary/aromatic N) is 1. The van der Waals surface area contributed by atoms with E-state index in [-0.39, 0.29) is 11.1 Å². The van der Waals surface area contributed by atoms with Gasteiger partial charge in [0.2, 0.25) is 0 Å². The number of rotatable bonds is 7. The van der Waals surface area contributed by atoms with Gasteiger partial charge in [-0.25, -0.2) is 4.90 Å². The van der Waals surface area contributed by atoms with Gasteiger partial charge in [0, 0.05) is 5.02 Å². The van der Waals surface area contributed by atoms with Crippen molar-refractivity contribution in [2.45, 2.75) is 19.8 Å². The minimum absolute atomic E-state index is 0.343. The van der Waals surface area contributed by atoms with E-state index < -0.39 is 0 Å². The van der Waals surface area contributed by atoms with Crippen molar-refractivity contribution < 1.29 is 19.1 Å². The lowest BCUT2D eigenvalue weighted by Crippen LogP contribution is -2.27. The summed E-state index contributed by atoms with van der Waals surface area (Å²) in [7, 11) is 1.57. The van der Waals surface area contributed by atoms with Gasteiger partial charge in [-0.05, 0) is 66.2 Å². The van der Waals surface area contributed by atoms with Crippen molar-refractivity contribution in [3.8, 4) is 11.5 Å². The van der Waals surface area contributed by atoms with E-state index in [1.54, 1.807) is 43.5 Å². The van der Waals surface area contributed by atoms with Gasteiger partial charge in [0.15, 0.2) is 11.5 Å². The molecule has 1 aliphatic heterocycles. The maximum atomic E-state index is 12.7. The minimum Gasteiger partial charge on any atom is -0.493 e. The largest absolute Gasteiger partial charge is 0.493 e. The first kappa shape index (κ1) is 20.3. The van der Waals surface area contributed by atoms with Gasteiger partial charge >= 0.3 is 0 Å². The summed E-state index contributed by atoms with van der Waals surface area (Å²) < 4.78 is 11.1. The van der Waals surface area contributed by atoms with E-state index in [0.717, 1.165) is 35.1 Å². The van der Waals surface area contributed by atoms with Crippen LogP contribution >= 0.6 is 23.4 Å². The SMILES string of the molecule is CCCCOc1ccc(/C=C2/SC(=O)N(c3ccc(Cl)cc3)C2=O)cc1OC. The minimum atomic E-state index is -0.362. The van der Waals surface area contributed by atoms with Crippen LogP contribution in [0, 0.1) is 0 Å². The lowest BCUT2D eigenvalue weighted by molar-refractivity contribution is -0.113. The second kappa shape index (κ2) is 9.17. The highest BCUT2D eigenvalue weighted by Crippen LogP contribution is 2.37. The molecule has 0 saturated carbocycles. The van der Waals surface area contributed by atoms with Crippen molar-refractivity contribution in [1.82, 2.24) is 0 Å². The third-order valence-electron chi connectivity index (χ3n) is 4.12. The predicted octanol–water partition coefficient (Wildman–Crippen LogP) is 5.77. The van der Waals surface area contributed by atoms with Crippen LogP contribution in [0.4, 0.5) is 10.5 Å². The average Bonchev–Trinajstić information content (AvgIpc) is 2.97. The van der Waals surface area contributed by atoms with Crippen LogP contribution < -0.4 is 14.4 Å². The Morgan fingerprint density at radius 3 is 2.54 bits per heavy atom. The molecule has 1 heterocycles. The van der Waals surface area contributed by atoms with Crippen molar-refractivity contribution >= 4 is 46.3 Å². The molecule has 7 heteroatoms. The first-order chi connectivity index (χ1) is 13.5. The second-order valence-corrected chi connectivity index (χ2v) is 7.54. The highest BCUT2D eigenvalue weighted by molar-refractivity contribution is 8.19. The summed E-state index contributed by atoms with van der Waals surface area (Å²) in [5.41, 5.74) is 1.24. The summed E-state index contributed by atoms with van der Waals surface area (Å²) in [4.78, 5) is 26.6. The molecule has 5 nitrogen and oxygen atoms in total. The van der Waals surface area contributed by atoms with E-state index in [2.05, 4.69) is 6.92 Å². The molecule has 0 N–H and O–H groups in total. The van der Waals surface area contributed by atoms with Crippen molar-refractivity contribution in [2.24, 2.45) is 0 Å². The second-order valence-electron chi connectivity index (χ2n) is 6.11. The third-order valence-corrected chi connectivity index (χ3v) is 5.24. The average molecular weight is 418 g/mol. The van der Waals surface area contributed by atoms with Gasteiger partial charge < -0.3 is 9.47 Å². The Balaban J connectivity index is 1.82. The molecule has 146 valence electrons. The first-order valence-electron chi connectivity index (χ1n) is 8.88. The zero-order valence-electron chi connectivity index (χ0n) is 15.6. The van der Waals surface area contributed by atoms with Crippen molar-refractivity contribution in [3.63, 3.8) is 0 Å². The lowest BCUT2D eigenvalue weighted by Gasteiger charge is -2.12. The molecule has 1 aliphatic rings. The molecule has 0 atom stereocenters. The Morgan fingerprint density at radius 2 is 1.86 bits per heavy atom. The number of thioether (sulfide) groups is 1. The van der Waals surface area contributed by atoms with Gasteiger partial charge in [-0.2, -0.15) is 0 Å². The smallest absolute Gasteiger partial charge is 0.298 e. The zero-order chi connectivity index (χ0) is 20.1. The van der Waals surface area contributed by atoms with Crippen LogP contribution in [-0.4, -0.2) is 24.9 Å². The van der Waals surface area contributed by atoms with E-state index in [1.807, 2.05) is 12.1 Å². The Morgan fingerprint density at radius 1 is 1.11 bits per heavy atom. The number of anilines is 1. The van der Waals surface area contributed by atoms with E-state index in [4.69, 9.17) is 21.1 Å². The van der Waals surface area contributed by atoms with Gasteiger partial charge in [-0.1, -0.05) is 31.0 Å². The molecule has 0 aliphatic carbocycles. The molecule has 1 saturated heterocycles. The molecular formula is C21H20ClNO4S. The van der Waals surface area contributed by atoms with Crippen LogP contribution in [0.15, 0.2) is 47.4 Å². The number of carbonyl (C=O) groups is 2. The van der Waals surface area contributed by atoms with Crippen LogP contribution in [0.3, 0.4) is 0 Å². The summed E-state index contributed by atoms with van der Waals surface area (Å²) in [6, 6.07) is 12.0. The van der Waals surface area contributed by atoms with Gasteiger partial charge in [-0.3, -0.25) is 9.59 Å². The predicted molar refractivity (Wildman–Crippen MR) is 113 cm³/mol. The molecule has 0 radical (unpaired) electrons. The molecule has 0 spiro atoms. The number of halogens is 1. The fourth-order valence-corrected chi connectivity index (χ4v) is 3.62. The molecule has 0 unspecified atom stereocenters. The highest BCUT2D eigenvalue weighted by atomic mass is 35.5. The van der Waals surface area contributed by atoms with Crippen LogP contribution in [0.5, 0.6) is 11.5 Å². The van der Waals surface area contributed by atoms with Gasteiger partial charge in [0.25, 0.3) is 11.1 Å². The number of benzene rings is 2. The summed E-state index contributed by atoms with van der Waals surface area (Å²) in [5, 5.41) is 0.199. The number of unbranched alkanes of at least 4 members (excludes halogenated alkanes) is 1. The van der Waals surface area contributed by atoms with Crippen LogP contribution in [0.1, 0.15) is 25.3 Å². The number of hydrogen-bond acceptors (Lipinski definition) is 5. The Labute approximate surface area is 173 Å². The van der Waals surface area contributed by atoms with Crippen molar-refractivity contribution in [2.75, 3.05) is 18.6 Å². The number of hydrogen-bond donors (Lipinski definition) is 0. The van der Waals surface area contributed by atoms with E-state index in [0.29, 0.717) is 33.7 Å². The molecule has 2 aromatic carbocycles. The standard InChI is InChI=1S/C21H20ClNO4S/c1-3-4-11-27-17-10-5-14(12-18(17)26-2)13-19-20(24)23(21(25)28-19)16-8-6-15(22)7-9-16/h5-10,12-13H,3-4,11H2,1-2H3/b19-13+. The summed E-state index contributed by atoms with van der Waals surface area (Å²) >= 11 is 6.78. The molecular weight excluding hydrogens is 398 g/mol. The van der Waals surface area contributed by atoms with Crippen molar-refractivity contribution in [3.05, 3.63) is 58.0 Å². The maximum absolute atomic E-state index is 12.7. The number of carbonyl (C=O) groups excluding carboxylic acids is 2. The number of imide groups is 1. The fraction of sp³-hybridized carbons (Fsp3) is 0.238. The Hall–Kier alpha value is -2.44. The summed E-state index contributed by atoms with van der Waals surface area (Å²) in [6.07, 6.45) is 3.69. The number of amides is 2. The topological polar surface area (TPSA) is 55.8 Å². The maximum Gasteiger partial charge on any atom is 0.298 e. The normalized spacial score (nSPS) is 15.4. The number of ether oxygens (including phenoxy) is 2. The monoisotopic (exact) mass is 417 g/mol. The van der Waals surface area contributed by atoms with Crippen molar-refractivity contribution in [1.29, 1.82) is 0 Å². The van der Waals surface area contributed by atoms with E-state index >= 15 is 0 Å². The van der Waals surface area contributed by atoms with Gasteiger partial charge in [0.05, 0.1) is 24.3 Å². The first-order valence-corrected chi connectivity index (χ1v) is 10.1. The van der Waals surface area contributed by atoms with Gasteiger partial charge in [0.1, 0.15) is 0 Å². The fourth-order valence-electron chi connectivity index (χ4n) is 2.65. The molecule has 1 fully saturated rings. The Bertz CT molecular complexity index is 911. The molecule has 0 bridgehead atoms. The van der Waals surface area contributed by atoms with Gasteiger partial charge in [-0.15, -0.1) is 0 Å². The summed E-state index contributed by atoms with van der Waals surface area (Å²) in [5.74, 6) is 0.878. The quantitative estimate of drug-likeness (QED) is 0.423. The highest BCUT2D eigenvalue weighted by Gasteiger charge is 2.36. The van der Waals surface area contributed by atoms with Crippen LogP contribution in [-0.2, 0) is 4.79 Å². The summed E-state index contributed by atoms with van der Waals surface area (Å²) in [6.45, 7) is 2.72. The zero-order valence-corrected chi connectivity index (χ0v) is 17.2. The van der Waals surface area contributed by atoms with E-state index in [1.165, 1.54) is 0 Å². The van der Waals surface area contributed by atoms with E-state index in [9.17, 15) is 9.59 Å². The Kier molecular flexibility index (Phi) is 6.65. The molecule has 3 rings (SSSR count). The molecule has 2 aromatic rings. The lowest BCUT2D eigenvalue weighted by atomic mass is 10.1. The number of methoxy groups -OCH3 is 1. The molecule has 0 aromatic heterocycles. The molecule has 2 amide bonds. The molecule has 28 heavy (non-hydrogen) atoms.